The van der Waals surface area contributed by atoms with E-state index >= 15 is 0 Å². The fourth-order valence-corrected chi connectivity index (χ4v) is 2.22. The van der Waals surface area contributed by atoms with Crippen molar-refractivity contribution >= 4 is 44.8 Å². The van der Waals surface area contributed by atoms with Gasteiger partial charge in [0, 0.05) is 16.2 Å². The highest BCUT2D eigenvalue weighted by molar-refractivity contribution is 9.10. The van der Waals surface area contributed by atoms with Gasteiger partial charge in [0.15, 0.2) is 5.82 Å². The summed E-state index contributed by atoms with van der Waals surface area (Å²) < 4.78 is 5.83. The van der Waals surface area contributed by atoms with E-state index in [4.69, 9.17) is 4.52 Å². The van der Waals surface area contributed by atoms with Gasteiger partial charge in [-0.15, -0.1) is 0 Å². The molecule has 0 bridgehead atoms. The normalized spacial score (nSPS) is 10.4. The molecule has 0 fully saturated rings. The van der Waals surface area contributed by atoms with Crippen LogP contribution in [0.4, 0.5) is 28.8 Å². The van der Waals surface area contributed by atoms with Crippen LogP contribution in [-0.4, -0.2) is 20.0 Å². The number of nitrogens with one attached hydrogen (secondary N) is 2. The lowest BCUT2D eigenvalue weighted by molar-refractivity contribution is -0.383. The topological polar surface area (TPSA) is 119 Å². The maximum absolute atomic E-state index is 11.5. The number of aryl methyl sites for hydroxylation is 1. The van der Waals surface area contributed by atoms with E-state index in [1.165, 1.54) is 6.33 Å². The van der Waals surface area contributed by atoms with Gasteiger partial charge in [0.25, 0.3) is 0 Å². The maximum atomic E-state index is 11.5. The van der Waals surface area contributed by atoms with Crippen LogP contribution in [0.1, 0.15) is 5.76 Å². The smallest absolute Gasteiger partial charge is 0.353 e. The minimum absolute atomic E-state index is 0.0166. The molecule has 3 rings (SSSR count). The van der Waals surface area contributed by atoms with E-state index in [-0.39, 0.29) is 17.3 Å². The number of hydrogen-bond acceptors (Lipinski definition) is 8. The lowest BCUT2D eigenvalue weighted by Crippen LogP contribution is -2.05. The number of aromatic nitrogens is 3. The molecule has 0 atom stereocenters. The highest BCUT2D eigenvalue weighted by atomic mass is 79.9. The van der Waals surface area contributed by atoms with Gasteiger partial charge >= 0.3 is 5.69 Å². The number of nitrogens with zero attached hydrogens (tertiary/aromatic N) is 4. The molecule has 10 heteroatoms. The zero-order valence-corrected chi connectivity index (χ0v) is 13.9. The summed E-state index contributed by atoms with van der Waals surface area (Å²) in [5.41, 5.74) is 0.365. The van der Waals surface area contributed by atoms with Gasteiger partial charge in [0.05, 0.1) is 4.92 Å². The van der Waals surface area contributed by atoms with Crippen molar-refractivity contribution < 1.29 is 9.45 Å². The summed E-state index contributed by atoms with van der Waals surface area (Å²) in [5, 5.41) is 20.9. The molecule has 122 valence electrons. The Morgan fingerprint density at radius 3 is 2.42 bits per heavy atom. The monoisotopic (exact) mass is 390 g/mol. The third kappa shape index (κ3) is 3.49. The first-order chi connectivity index (χ1) is 11.5. The Labute approximate surface area is 144 Å². The van der Waals surface area contributed by atoms with Crippen molar-refractivity contribution in [3.8, 4) is 0 Å². The van der Waals surface area contributed by atoms with Gasteiger partial charge < -0.3 is 15.2 Å². The van der Waals surface area contributed by atoms with E-state index in [0.29, 0.717) is 17.3 Å². The van der Waals surface area contributed by atoms with E-state index in [0.717, 1.165) is 4.47 Å². The van der Waals surface area contributed by atoms with Crippen molar-refractivity contribution in [1.29, 1.82) is 0 Å². The molecule has 0 amide bonds. The summed E-state index contributed by atoms with van der Waals surface area (Å²) in [5.74, 6) is 0.981. The van der Waals surface area contributed by atoms with E-state index in [1.807, 2.05) is 12.1 Å². The lowest BCUT2D eigenvalue weighted by atomic mass is 10.3. The van der Waals surface area contributed by atoms with Gasteiger partial charge in [-0.2, -0.15) is 0 Å². The Hall–Kier alpha value is -3.01. The number of hydrogen-bond donors (Lipinski definition) is 2. The number of halogens is 1. The molecule has 1 aromatic carbocycles. The van der Waals surface area contributed by atoms with Gasteiger partial charge in [-0.05, 0) is 31.2 Å². The van der Waals surface area contributed by atoms with Crippen LogP contribution in [0.3, 0.4) is 0 Å². The molecular formula is C14H11BrN6O3. The molecule has 0 unspecified atom stereocenters. The van der Waals surface area contributed by atoms with Crippen molar-refractivity contribution in [1.82, 2.24) is 15.1 Å². The largest absolute Gasteiger partial charge is 0.360 e. The first-order valence-corrected chi connectivity index (χ1v) is 7.54. The van der Waals surface area contributed by atoms with Crippen LogP contribution < -0.4 is 10.6 Å². The zero-order chi connectivity index (χ0) is 17.1. The second-order valence-corrected chi connectivity index (χ2v) is 5.67. The van der Waals surface area contributed by atoms with Gasteiger partial charge in [0.2, 0.25) is 11.6 Å². The number of rotatable bonds is 5. The first-order valence-electron chi connectivity index (χ1n) is 6.75. The summed E-state index contributed by atoms with van der Waals surface area (Å²) in [4.78, 5) is 18.8. The van der Waals surface area contributed by atoms with E-state index in [9.17, 15) is 10.1 Å². The molecule has 9 nitrogen and oxygen atoms in total. The Bertz CT molecular complexity index is 880. The highest BCUT2D eigenvalue weighted by Gasteiger charge is 2.24. The van der Waals surface area contributed by atoms with Crippen molar-refractivity contribution in [2.45, 2.75) is 6.92 Å². The van der Waals surface area contributed by atoms with Gasteiger partial charge in [-0.1, -0.05) is 21.1 Å². The predicted molar refractivity (Wildman–Crippen MR) is 90.6 cm³/mol. The molecule has 3 aromatic rings. The summed E-state index contributed by atoms with van der Waals surface area (Å²) >= 11 is 3.33. The predicted octanol–water partition coefficient (Wildman–Crippen LogP) is 3.93. The SMILES string of the molecule is Cc1cc(Nc2ncnc(Nc3ccc(Br)cc3)c2[N+](=O)[O-])no1. The van der Waals surface area contributed by atoms with E-state index in [2.05, 4.69) is 41.7 Å². The van der Waals surface area contributed by atoms with Gasteiger partial charge in [-0.25, -0.2) is 9.97 Å². The number of nitro groups is 1. The summed E-state index contributed by atoms with van der Waals surface area (Å²) in [6.45, 7) is 1.72. The third-order valence-corrected chi connectivity index (χ3v) is 3.51. The standard InChI is InChI=1S/C14H11BrN6O3/c1-8-6-11(20-24-8)19-14-12(21(22)23)13(16-7-17-14)18-10-4-2-9(15)3-5-10/h2-7H,1H3,(H2,16,17,18,19,20). The Balaban J connectivity index is 1.95. The Morgan fingerprint density at radius 2 is 1.83 bits per heavy atom. The quantitative estimate of drug-likeness (QED) is 0.496. The van der Waals surface area contributed by atoms with Crippen molar-refractivity contribution in [3.05, 3.63) is 57.0 Å². The van der Waals surface area contributed by atoms with E-state index < -0.39 is 4.92 Å². The van der Waals surface area contributed by atoms with Gasteiger partial charge in [-0.3, -0.25) is 10.1 Å². The second-order valence-electron chi connectivity index (χ2n) is 4.76. The fraction of sp³-hybridized carbons (Fsp3) is 0.0714. The average molecular weight is 391 g/mol. The molecule has 0 saturated heterocycles. The Morgan fingerprint density at radius 1 is 1.17 bits per heavy atom. The van der Waals surface area contributed by atoms with Crippen LogP contribution in [0.25, 0.3) is 0 Å². The summed E-state index contributed by atoms with van der Waals surface area (Å²) in [7, 11) is 0. The number of benzene rings is 1. The molecule has 0 spiro atoms. The lowest BCUT2D eigenvalue weighted by Gasteiger charge is -2.08. The zero-order valence-electron chi connectivity index (χ0n) is 12.4. The number of anilines is 4. The molecule has 0 aliphatic heterocycles. The third-order valence-electron chi connectivity index (χ3n) is 2.99. The minimum atomic E-state index is -0.559. The molecule has 2 heterocycles. The molecule has 24 heavy (non-hydrogen) atoms. The van der Waals surface area contributed by atoms with Crippen molar-refractivity contribution in [3.63, 3.8) is 0 Å². The van der Waals surface area contributed by atoms with Crippen LogP contribution in [0.2, 0.25) is 0 Å². The highest BCUT2D eigenvalue weighted by Crippen LogP contribution is 2.32. The van der Waals surface area contributed by atoms with Crippen molar-refractivity contribution in [2.75, 3.05) is 10.6 Å². The molecule has 0 saturated carbocycles. The molecule has 2 N–H and O–H groups in total. The first kappa shape index (κ1) is 15.9. The maximum Gasteiger partial charge on any atom is 0.353 e. The average Bonchev–Trinajstić information content (AvgIpc) is 2.94. The summed E-state index contributed by atoms with van der Waals surface area (Å²) in [6.07, 6.45) is 1.23. The van der Waals surface area contributed by atoms with Crippen LogP contribution >= 0.6 is 15.9 Å². The van der Waals surface area contributed by atoms with Gasteiger partial charge in [0.1, 0.15) is 12.1 Å². The van der Waals surface area contributed by atoms with Crippen LogP contribution in [0.15, 0.2) is 45.7 Å². The van der Waals surface area contributed by atoms with Crippen LogP contribution in [0.5, 0.6) is 0 Å². The second kappa shape index (κ2) is 6.62. The van der Waals surface area contributed by atoms with Crippen LogP contribution in [-0.2, 0) is 0 Å². The fourth-order valence-electron chi connectivity index (χ4n) is 1.95. The molecule has 0 aliphatic rings. The molecule has 0 radical (unpaired) electrons. The molecule has 2 aromatic heterocycles. The Kier molecular flexibility index (Phi) is 4.38. The van der Waals surface area contributed by atoms with Crippen LogP contribution in [0, 0.1) is 17.0 Å². The van der Waals surface area contributed by atoms with E-state index in [1.54, 1.807) is 25.1 Å². The summed E-state index contributed by atoms with van der Waals surface area (Å²) in [6, 6.07) is 8.76. The molecular weight excluding hydrogens is 380 g/mol. The minimum Gasteiger partial charge on any atom is -0.360 e. The van der Waals surface area contributed by atoms with Crippen molar-refractivity contribution in [2.24, 2.45) is 0 Å². The molecule has 0 aliphatic carbocycles.